The summed E-state index contributed by atoms with van der Waals surface area (Å²) >= 11 is 0. The minimum Gasteiger partial charge on any atom is -0.497 e. The number of piperidine rings is 1. The number of rotatable bonds is 5. The highest BCUT2D eigenvalue weighted by Gasteiger charge is 2.33. The normalized spacial score (nSPS) is 16.3. The summed E-state index contributed by atoms with van der Waals surface area (Å²) in [4.78, 5) is 16.3. The standard InChI is InChI=1S/C27H29N3O2/c1-3-19-18-23-26(29-16-8-5-9-17-29)25(21-10-6-4-7-11-21)28-30(23)27(31)24(19)20-12-14-22(32-2)15-13-20/h4,6-7,10-15H,3,5,8-9,16-18H2,1-2H3. The van der Waals surface area contributed by atoms with E-state index in [0.29, 0.717) is 0 Å². The fourth-order valence-electron chi connectivity index (χ4n) is 4.95. The van der Waals surface area contributed by atoms with Crippen molar-refractivity contribution in [3.8, 4) is 17.0 Å². The Morgan fingerprint density at radius 3 is 2.31 bits per heavy atom. The van der Waals surface area contributed by atoms with Gasteiger partial charge in [0.2, 0.25) is 0 Å². The highest BCUT2D eigenvalue weighted by molar-refractivity contribution is 6.22. The number of hydrogen-bond acceptors (Lipinski definition) is 4. The van der Waals surface area contributed by atoms with Gasteiger partial charge in [-0.1, -0.05) is 55.0 Å². The van der Waals surface area contributed by atoms with Gasteiger partial charge in [0, 0.05) is 30.6 Å². The van der Waals surface area contributed by atoms with Crippen LogP contribution in [-0.4, -0.2) is 35.9 Å². The summed E-state index contributed by atoms with van der Waals surface area (Å²) in [7, 11) is 1.65. The molecular weight excluding hydrogens is 398 g/mol. The average Bonchev–Trinajstić information content (AvgIpc) is 3.25. The third-order valence-electron chi connectivity index (χ3n) is 6.62. The second kappa shape index (κ2) is 8.65. The zero-order chi connectivity index (χ0) is 22.1. The molecule has 2 aromatic carbocycles. The van der Waals surface area contributed by atoms with Gasteiger partial charge in [-0.15, -0.1) is 0 Å². The first kappa shape index (κ1) is 20.6. The van der Waals surface area contributed by atoms with Crippen molar-refractivity contribution in [2.45, 2.75) is 39.0 Å². The zero-order valence-electron chi connectivity index (χ0n) is 18.8. The van der Waals surface area contributed by atoms with Gasteiger partial charge in [-0.2, -0.15) is 9.78 Å². The minimum atomic E-state index is -0.0336. The molecule has 0 N–H and O–H groups in total. The van der Waals surface area contributed by atoms with Gasteiger partial charge >= 0.3 is 0 Å². The van der Waals surface area contributed by atoms with Crippen LogP contribution in [0.4, 0.5) is 5.69 Å². The number of fused-ring (bicyclic) bond motifs is 1. The first-order valence-corrected chi connectivity index (χ1v) is 11.5. The lowest BCUT2D eigenvalue weighted by atomic mass is 9.90. The number of carbonyl (C=O) groups excluding carboxylic acids is 1. The lowest BCUT2D eigenvalue weighted by Crippen LogP contribution is -2.31. The summed E-state index contributed by atoms with van der Waals surface area (Å²) in [5.41, 5.74) is 7.03. The van der Waals surface area contributed by atoms with Gasteiger partial charge in [0.05, 0.1) is 18.5 Å². The van der Waals surface area contributed by atoms with Gasteiger partial charge < -0.3 is 9.64 Å². The van der Waals surface area contributed by atoms with Gasteiger partial charge in [-0.3, -0.25) is 4.79 Å². The number of methoxy groups -OCH3 is 1. The van der Waals surface area contributed by atoms with Crippen molar-refractivity contribution in [2.24, 2.45) is 0 Å². The van der Waals surface area contributed by atoms with Gasteiger partial charge in [0.1, 0.15) is 11.4 Å². The Hall–Kier alpha value is -3.34. The van der Waals surface area contributed by atoms with E-state index < -0.39 is 0 Å². The molecule has 0 aliphatic carbocycles. The van der Waals surface area contributed by atoms with E-state index in [9.17, 15) is 4.79 Å². The summed E-state index contributed by atoms with van der Waals surface area (Å²) in [6, 6.07) is 18.0. The van der Waals surface area contributed by atoms with Crippen molar-refractivity contribution < 1.29 is 9.53 Å². The molecule has 32 heavy (non-hydrogen) atoms. The number of nitrogens with zero attached hydrogens (tertiary/aromatic N) is 3. The van der Waals surface area contributed by atoms with Crippen LogP contribution < -0.4 is 9.64 Å². The van der Waals surface area contributed by atoms with Crippen molar-refractivity contribution >= 4 is 17.2 Å². The van der Waals surface area contributed by atoms with Gasteiger partial charge in [0.15, 0.2) is 0 Å². The van der Waals surface area contributed by atoms with Gasteiger partial charge in [-0.05, 0) is 43.4 Å². The van der Waals surface area contributed by atoms with Crippen LogP contribution in [0, 0.1) is 0 Å². The van der Waals surface area contributed by atoms with Crippen LogP contribution in [-0.2, 0) is 6.42 Å². The van der Waals surface area contributed by atoms with Gasteiger partial charge in [-0.25, -0.2) is 0 Å². The zero-order valence-corrected chi connectivity index (χ0v) is 18.8. The van der Waals surface area contributed by atoms with E-state index in [-0.39, 0.29) is 5.91 Å². The molecule has 164 valence electrons. The molecule has 0 amide bonds. The van der Waals surface area contributed by atoms with Crippen molar-refractivity contribution in [3.63, 3.8) is 0 Å². The van der Waals surface area contributed by atoms with Crippen LogP contribution in [0.5, 0.6) is 5.75 Å². The Bertz CT molecular complexity index is 1150. The van der Waals surface area contributed by atoms with E-state index >= 15 is 0 Å². The Kier molecular flexibility index (Phi) is 5.56. The lowest BCUT2D eigenvalue weighted by molar-refractivity contribution is 0.0958. The molecule has 1 aromatic heterocycles. The fraction of sp³-hybridized carbons (Fsp3) is 0.333. The molecule has 2 aliphatic rings. The Morgan fingerprint density at radius 1 is 0.938 bits per heavy atom. The van der Waals surface area contributed by atoms with E-state index in [0.717, 1.165) is 65.5 Å². The number of hydrogen-bond donors (Lipinski definition) is 0. The van der Waals surface area contributed by atoms with E-state index in [1.165, 1.54) is 24.8 Å². The Morgan fingerprint density at radius 2 is 1.66 bits per heavy atom. The third kappa shape index (κ3) is 3.52. The highest BCUT2D eigenvalue weighted by Crippen LogP contribution is 2.41. The van der Waals surface area contributed by atoms with E-state index in [2.05, 4.69) is 24.0 Å². The quantitative estimate of drug-likeness (QED) is 0.531. The molecule has 1 saturated heterocycles. The molecule has 0 radical (unpaired) electrons. The van der Waals surface area contributed by atoms with Crippen LogP contribution >= 0.6 is 0 Å². The van der Waals surface area contributed by atoms with Crippen LogP contribution in [0.1, 0.15) is 48.7 Å². The molecule has 5 nitrogen and oxygen atoms in total. The summed E-state index contributed by atoms with van der Waals surface area (Å²) in [5.74, 6) is 0.753. The third-order valence-corrected chi connectivity index (χ3v) is 6.62. The van der Waals surface area contributed by atoms with Crippen molar-refractivity contribution in [1.82, 2.24) is 9.78 Å². The predicted molar refractivity (Wildman–Crippen MR) is 128 cm³/mol. The van der Waals surface area contributed by atoms with Crippen LogP contribution in [0.2, 0.25) is 0 Å². The maximum absolute atomic E-state index is 13.8. The van der Waals surface area contributed by atoms with E-state index in [1.54, 1.807) is 11.8 Å². The van der Waals surface area contributed by atoms with Crippen LogP contribution in [0.3, 0.4) is 0 Å². The molecule has 0 saturated carbocycles. The summed E-state index contributed by atoms with van der Waals surface area (Å²) < 4.78 is 6.98. The topological polar surface area (TPSA) is 47.4 Å². The minimum absolute atomic E-state index is 0.0336. The Labute approximate surface area is 189 Å². The number of benzene rings is 2. The van der Waals surface area contributed by atoms with Crippen molar-refractivity contribution in [3.05, 3.63) is 71.4 Å². The molecule has 2 aliphatic heterocycles. The molecule has 3 heterocycles. The maximum Gasteiger partial charge on any atom is 0.279 e. The lowest BCUT2D eigenvalue weighted by Gasteiger charge is -2.31. The molecular formula is C27H29N3O2. The largest absolute Gasteiger partial charge is 0.497 e. The average molecular weight is 428 g/mol. The molecule has 5 heteroatoms. The van der Waals surface area contributed by atoms with Gasteiger partial charge in [0.25, 0.3) is 5.91 Å². The number of aromatic nitrogens is 2. The number of ether oxygens (including phenoxy) is 1. The number of carbonyl (C=O) groups is 1. The second-order valence-corrected chi connectivity index (χ2v) is 8.51. The molecule has 1 fully saturated rings. The fourth-order valence-corrected chi connectivity index (χ4v) is 4.95. The van der Waals surface area contributed by atoms with Crippen molar-refractivity contribution in [1.29, 1.82) is 0 Å². The highest BCUT2D eigenvalue weighted by atomic mass is 16.5. The molecule has 5 rings (SSSR count). The summed E-state index contributed by atoms with van der Waals surface area (Å²) in [6.07, 6.45) is 5.20. The first-order chi connectivity index (χ1) is 15.7. The molecule has 0 atom stereocenters. The summed E-state index contributed by atoms with van der Waals surface area (Å²) in [5, 5.41) is 4.92. The number of anilines is 1. The smallest absolute Gasteiger partial charge is 0.279 e. The van der Waals surface area contributed by atoms with Crippen LogP contribution in [0.15, 0.2) is 60.2 Å². The molecule has 0 spiro atoms. The predicted octanol–water partition coefficient (Wildman–Crippen LogP) is 5.61. The summed E-state index contributed by atoms with van der Waals surface area (Å²) in [6.45, 7) is 4.17. The first-order valence-electron chi connectivity index (χ1n) is 11.5. The van der Waals surface area contributed by atoms with E-state index in [1.807, 2.05) is 42.5 Å². The SMILES string of the molecule is CCC1=C(c2ccc(OC)cc2)C(=O)n2nc(-c3ccccc3)c(N3CCCCC3)c2C1. The molecule has 0 bridgehead atoms. The second-order valence-electron chi connectivity index (χ2n) is 8.51. The number of allylic oxidation sites excluding steroid dienone is 2. The Balaban J connectivity index is 1.65. The molecule has 0 unspecified atom stereocenters. The van der Waals surface area contributed by atoms with E-state index in [4.69, 9.17) is 9.84 Å². The van der Waals surface area contributed by atoms with Crippen LogP contribution in [0.25, 0.3) is 16.8 Å². The van der Waals surface area contributed by atoms with Crippen molar-refractivity contribution in [2.75, 3.05) is 25.1 Å². The molecule has 3 aromatic rings. The monoisotopic (exact) mass is 427 g/mol. The maximum atomic E-state index is 13.8.